The Morgan fingerprint density at radius 1 is 1.02 bits per heavy atom. The number of furan rings is 1. The summed E-state index contributed by atoms with van der Waals surface area (Å²) in [4.78, 5) is 44.6. The van der Waals surface area contributed by atoms with E-state index in [-0.39, 0.29) is 16.1 Å². The fourth-order valence-electron chi connectivity index (χ4n) is 5.41. The average molecular weight is 670 g/mol. The summed E-state index contributed by atoms with van der Waals surface area (Å²) in [6, 6.07) is 19.8. The average Bonchev–Trinajstić information content (AvgIpc) is 3.64. The molecule has 2 aromatic heterocycles. The van der Waals surface area contributed by atoms with E-state index < -0.39 is 17.9 Å². The van der Waals surface area contributed by atoms with Crippen molar-refractivity contribution in [2.24, 2.45) is 4.99 Å². The van der Waals surface area contributed by atoms with Gasteiger partial charge in [0.2, 0.25) is 0 Å². The molecule has 0 saturated heterocycles. The van der Waals surface area contributed by atoms with Gasteiger partial charge in [0.15, 0.2) is 16.3 Å². The second-order valence-corrected chi connectivity index (χ2v) is 12.1. The van der Waals surface area contributed by atoms with Crippen LogP contribution in [0.4, 0.5) is 5.69 Å². The second-order valence-electron chi connectivity index (χ2n) is 10.7. The van der Waals surface area contributed by atoms with Gasteiger partial charge >= 0.3 is 5.97 Å². The summed E-state index contributed by atoms with van der Waals surface area (Å²) in [5.74, 6) is 0.256. The number of hydrogen-bond acceptors (Lipinski definition) is 8. The Labute approximate surface area is 277 Å². The maximum absolute atomic E-state index is 14.1. The number of para-hydroxylation sites is 1. The Morgan fingerprint density at radius 3 is 2.49 bits per heavy atom. The minimum absolute atomic E-state index is 0.0189. The first-order valence-electron chi connectivity index (χ1n) is 14.3. The van der Waals surface area contributed by atoms with Crippen molar-refractivity contribution in [2.45, 2.75) is 19.9 Å². The maximum Gasteiger partial charge on any atom is 0.337 e. The number of carboxylic acids is 1. The number of halogens is 1. The number of carbonyl (C=O) groups is 2. The highest BCUT2D eigenvalue weighted by Crippen LogP contribution is 2.36. The lowest BCUT2D eigenvalue weighted by Crippen LogP contribution is -2.40. The van der Waals surface area contributed by atoms with Gasteiger partial charge in [-0.1, -0.05) is 53.3 Å². The Hall–Kier alpha value is -5.39. The smallest absolute Gasteiger partial charge is 0.337 e. The summed E-state index contributed by atoms with van der Waals surface area (Å²) in [7, 11) is 3.05. The van der Waals surface area contributed by atoms with E-state index in [2.05, 4.69) is 5.32 Å². The highest BCUT2D eigenvalue weighted by atomic mass is 35.5. The van der Waals surface area contributed by atoms with Crippen LogP contribution in [0.25, 0.3) is 17.4 Å². The number of anilines is 1. The molecule has 1 aliphatic rings. The van der Waals surface area contributed by atoms with Gasteiger partial charge in [0, 0.05) is 17.3 Å². The van der Waals surface area contributed by atoms with Gasteiger partial charge < -0.3 is 24.3 Å². The number of aryl methyl sites for hydroxylation is 1. The van der Waals surface area contributed by atoms with E-state index in [0.29, 0.717) is 60.4 Å². The SMILES string of the molecule is COc1ccc([C@H]2C(C(=O)Nc3ccccc3C)=C(C)N=c3s/c(=C\c4ccc(-c5ccc(C(=O)O)c(Cl)c5)o4)c(=O)n32)cc1OC. The van der Waals surface area contributed by atoms with Crippen LogP contribution in [0.2, 0.25) is 5.02 Å². The van der Waals surface area contributed by atoms with Gasteiger partial charge in [0.1, 0.15) is 11.5 Å². The number of carbonyl (C=O) groups excluding carboxylic acids is 1. The van der Waals surface area contributed by atoms with Gasteiger partial charge in [-0.25, -0.2) is 9.79 Å². The van der Waals surface area contributed by atoms with E-state index in [1.54, 1.807) is 49.4 Å². The fraction of sp³-hybridized carbons (Fsp3) is 0.143. The van der Waals surface area contributed by atoms with E-state index in [9.17, 15) is 19.5 Å². The number of nitrogens with one attached hydrogen (secondary N) is 1. The van der Waals surface area contributed by atoms with Gasteiger partial charge in [-0.2, -0.15) is 0 Å². The minimum atomic E-state index is -1.13. The molecular formula is C35H28ClN3O7S. The zero-order valence-corrected chi connectivity index (χ0v) is 27.2. The number of aromatic carboxylic acids is 1. The van der Waals surface area contributed by atoms with Crippen LogP contribution in [0.1, 0.15) is 40.2 Å². The van der Waals surface area contributed by atoms with Crippen LogP contribution in [0.3, 0.4) is 0 Å². The van der Waals surface area contributed by atoms with Gasteiger partial charge in [-0.3, -0.25) is 14.2 Å². The van der Waals surface area contributed by atoms with Gasteiger partial charge in [-0.15, -0.1) is 0 Å². The fourth-order valence-corrected chi connectivity index (χ4v) is 6.70. The predicted molar refractivity (Wildman–Crippen MR) is 179 cm³/mol. The standard InChI is InChI=1S/C35H28ClN3O7S/c1-18-7-5-6-8-25(18)38-32(40)30-19(2)37-35-39(31(30)21-10-13-27(44-3)28(16-21)45-4)33(41)29(47-35)17-22-11-14-26(46-22)20-9-12-23(34(42)43)24(36)15-20/h5-17,31H,1-4H3,(H,38,40)(H,42,43)/b29-17-/t31-/m0/s1. The summed E-state index contributed by atoms with van der Waals surface area (Å²) < 4.78 is 18.8. The second kappa shape index (κ2) is 12.8. The van der Waals surface area contributed by atoms with Crippen LogP contribution < -0.4 is 29.7 Å². The molecule has 10 nitrogen and oxygen atoms in total. The third-order valence-corrected chi connectivity index (χ3v) is 9.06. The minimum Gasteiger partial charge on any atom is -0.493 e. The van der Waals surface area contributed by atoms with Crippen molar-refractivity contribution < 1.29 is 28.6 Å². The number of ether oxygens (including phenoxy) is 2. The molecule has 1 amide bonds. The number of amides is 1. The molecule has 1 atom stereocenters. The first kappa shape index (κ1) is 31.6. The monoisotopic (exact) mass is 669 g/mol. The zero-order chi connectivity index (χ0) is 33.4. The highest BCUT2D eigenvalue weighted by Gasteiger charge is 2.33. The van der Waals surface area contributed by atoms with Crippen molar-refractivity contribution in [2.75, 3.05) is 19.5 Å². The van der Waals surface area contributed by atoms with Crippen molar-refractivity contribution >= 4 is 46.6 Å². The maximum atomic E-state index is 14.1. The summed E-state index contributed by atoms with van der Waals surface area (Å²) >= 11 is 7.33. The predicted octanol–water partition coefficient (Wildman–Crippen LogP) is 5.81. The summed E-state index contributed by atoms with van der Waals surface area (Å²) in [6.07, 6.45) is 1.61. The van der Waals surface area contributed by atoms with Crippen molar-refractivity contribution in [3.05, 3.63) is 131 Å². The lowest BCUT2D eigenvalue weighted by atomic mass is 9.94. The number of allylic oxidation sites excluding steroid dienone is 1. The normalized spacial score (nSPS) is 14.4. The third kappa shape index (κ3) is 5.98. The molecule has 5 aromatic rings. The van der Waals surface area contributed by atoms with Crippen LogP contribution in [-0.2, 0) is 4.79 Å². The van der Waals surface area contributed by atoms with E-state index in [1.165, 1.54) is 42.3 Å². The molecule has 0 fully saturated rings. The van der Waals surface area contributed by atoms with E-state index in [1.807, 2.05) is 31.2 Å². The number of nitrogens with zero attached hydrogens (tertiary/aromatic N) is 2. The molecule has 0 unspecified atom stereocenters. The number of benzene rings is 3. The van der Waals surface area contributed by atoms with Crippen LogP contribution in [0.15, 0.2) is 98.3 Å². The van der Waals surface area contributed by atoms with Gasteiger partial charge in [-0.05, 0) is 67.4 Å². The Kier molecular flexibility index (Phi) is 8.59. The molecule has 47 heavy (non-hydrogen) atoms. The van der Waals surface area contributed by atoms with Crippen molar-refractivity contribution in [1.82, 2.24) is 4.57 Å². The molecule has 0 saturated carbocycles. The van der Waals surface area contributed by atoms with Crippen LogP contribution >= 0.6 is 22.9 Å². The Bertz CT molecular complexity index is 2280. The molecule has 0 spiro atoms. The summed E-state index contributed by atoms with van der Waals surface area (Å²) in [6.45, 7) is 3.65. The number of fused-ring (bicyclic) bond motifs is 1. The lowest BCUT2D eigenvalue weighted by molar-refractivity contribution is -0.113. The summed E-state index contributed by atoms with van der Waals surface area (Å²) in [5.41, 5.74) is 3.12. The van der Waals surface area contributed by atoms with E-state index in [4.69, 9.17) is 30.5 Å². The molecule has 3 aromatic carbocycles. The molecule has 0 bridgehead atoms. The molecule has 6 rings (SSSR count). The first-order valence-corrected chi connectivity index (χ1v) is 15.5. The Balaban J connectivity index is 1.46. The third-order valence-electron chi connectivity index (χ3n) is 7.77. The molecule has 238 valence electrons. The number of carboxylic acid groups (broad SMARTS) is 1. The molecule has 1 aliphatic heterocycles. The quantitative estimate of drug-likeness (QED) is 0.213. The molecule has 0 aliphatic carbocycles. The highest BCUT2D eigenvalue weighted by molar-refractivity contribution is 7.07. The number of aromatic nitrogens is 1. The number of methoxy groups -OCH3 is 2. The number of thiazole rings is 1. The zero-order valence-electron chi connectivity index (χ0n) is 25.7. The number of rotatable bonds is 8. The Morgan fingerprint density at radius 2 is 1.79 bits per heavy atom. The van der Waals surface area contributed by atoms with Crippen LogP contribution in [0, 0.1) is 6.92 Å². The van der Waals surface area contributed by atoms with Crippen LogP contribution in [0.5, 0.6) is 11.5 Å². The number of hydrogen-bond donors (Lipinski definition) is 2. The van der Waals surface area contributed by atoms with Gasteiger partial charge in [0.05, 0.1) is 46.7 Å². The van der Waals surface area contributed by atoms with E-state index in [0.717, 1.165) is 5.56 Å². The topological polar surface area (TPSA) is 132 Å². The van der Waals surface area contributed by atoms with Crippen molar-refractivity contribution in [1.29, 1.82) is 0 Å². The van der Waals surface area contributed by atoms with Crippen molar-refractivity contribution in [3.63, 3.8) is 0 Å². The molecule has 3 heterocycles. The largest absolute Gasteiger partial charge is 0.493 e. The van der Waals surface area contributed by atoms with Crippen LogP contribution in [-0.4, -0.2) is 35.8 Å². The lowest BCUT2D eigenvalue weighted by Gasteiger charge is -2.26. The molecule has 0 radical (unpaired) electrons. The molecule has 2 N–H and O–H groups in total. The molecular weight excluding hydrogens is 642 g/mol. The van der Waals surface area contributed by atoms with Crippen molar-refractivity contribution in [3.8, 4) is 22.8 Å². The van der Waals surface area contributed by atoms with Gasteiger partial charge in [0.25, 0.3) is 11.5 Å². The summed E-state index contributed by atoms with van der Waals surface area (Å²) in [5, 5.41) is 12.4. The van der Waals surface area contributed by atoms with E-state index >= 15 is 0 Å². The molecule has 12 heteroatoms. The first-order chi connectivity index (χ1) is 22.6.